The van der Waals surface area contributed by atoms with Crippen molar-refractivity contribution in [1.82, 2.24) is 5.32 Å². The lowest BCUT2D eigenvalue weighted by molar-refractivity contribution is -0.120. The molecule has 0 saturated heterocycles. The van der Waals surface area contributed by atoms with Gasteiger partial charge < -0.3 is 5.32 Å². The van der Waals surface area contributed by atoms with E-state index in [-0.39, 0.29) is 5.91 Å². The van der Waals surface area contributed by atoms with Gasteiger partial charge in [0.25, 0.3) is 0 Å². The SMILES string of the molecule is C#CCCCNC(=O)CC=C. The predicted molar refractivity (Wildman–Crippen MR) is 45.9 cm³/mol. The Hall–Kier alpha value is -1.23. The topological polar surface area (TPSA) is 29.1 Å². The van der Waals surface area contributed by atoms with Crippen molar-refractivity contribution in [1.29, 1.82) is 0 Å². The van der Waals surface area contributed by atoms with Crippen molar-refractivity contribution in [3.63, 3.8) is 0 Å². The molecule has 2 nitrogen and oxygen atoms in total. The Bertz CT molecular complexity index is 167. The van der Waals surface area contributed by atoms with E-state index < -0.39 is 0 Å². The molecule has 0 unspecified atom stereocenters. The van der Waals surface area contributed by atoms with Crippen molar-refractivity contribution in [2.75, 3.05) is 6.54 Å². The van der Waals surface area contributed by atoms with E-state index in [9.17, 15) is 4.79 Å². The first-order valence-electron chi connectivity index (χ1n) is 3.62. The van der Waals surface area contributed by atoms with Gasteiger partial charge in [0, 0.05) is 19.4 Å². The molecule has 0 aliphatic heterocycles. The maximum atomic E-state index is 10.8. The molecule has 0 atom stereocenters. The highest BCUT2D eigenvalue weighted by Crippen LogP contribution is 1.84. The van der Waals surface area contributed by atoms with Gasteiger partial charge in [-0.1, -0.05) is 6.08 Å². The maximum absolute atomic E-state index is 10.8. The summed E-state index contributed by atoms with van der Waals surface area (Å²) in [6, 6.07) is 0. The van der Waals surface area contributed by atoms with Gasteiger partial charge in [0.05, 0.1) is 0 Å². The van der Waals surface area contributed by atoms with Gasteiger partial charge in [0.1, 0.15) is 0 Å². The quantitative estimate of drug-likeness (QED) is 0.356. The molecular formula is C9H13NO. The highest BCUT2D eigenvalue weighted by atomic mass is 16.1. The molecular weight excluding hydrogens is 138 g/mol. The van der Waals surface area contributed by atoms with Crippen LogP contribution in [0.4, 0.5) is 0 Å². The highest BCUT2D eigenvalue weighted by Gasteiger charge is 1.94. The van der Waals surface area contributed by atoms with Gasteiger partial charge in [0.15, 0.2) is 0 Å². The fourth-order valence-electron chi connectivity index (χ4n) is 0.622. The summed E-state index contributed by atoms with van der Waals surface area (Å²) in [6.07, 6.45) is 8.55. The molecule has 0 saturated carbocycles. The first-order chi connectivity index (χ1) is 5.31. The first kappa shape index (κ1) is 9.77. The molecule has 60 valence electrons. The Balaban J connectivity index is 3.18. The molecule has 0 spiro atoms. The molecule has 0 fully saturated rings. The maximum Gasteiger partial charge on any atom is 0.223 e. The number of carbonyl (C=O) groups excluding carboxylic acids is 1. The van der Waals surface area contributed by atoms with Crippen LogP contribution in [0.5, 0.6) is 0 Å². The van der Waals surface area contributed by atoms with Gasteiger partial charge in [-0.2, -0.15) is 0 Å². The Morgan fingerprint density at radius 3 is 3.00 bits per heavy atom. The minimum Gasteiger partial charge on any atom is -0.356 e. The van der Waals surface area contributed by atoms with Crippen LogP contribution in [0.25, 0.3) is 0 Å². The Morgan fingerprint density at radius 2 is 2.45 bits per heavy atom. The van der Waals surface area contributed by atoms with E-state index in [1.807, 2.05) is 0 Å². The third-order valence-corrected chi connectivity index (χ3v) is 1.15. The van der Waals surface area contributed by atoms with Crippen LogP contribution in [0, 0.1) is 12.3 Å². The molecule has 1 N–H and O–H groups in total. The average molecular weight is 151 g/mol. The molecule has 0 heterocycles. The lowest BCUT2D eigenvalue weighted by Crippen LogP contribution is -2.23. The number of rotatable bonds is 5. The van der Waals surface area contributed by atoms with E-state index in [0.29, 0.717) is 19.4 Å². The minimum atomic E-state index is 0.0111. The zero-order valence-corrected chi connectivity index (χ0v) is 6.60. The first-order valence-corrected chi connectivity index (χ1v) is 3.62. The van der Waals surface area contributed by atoms with Crippen LogP contribution in [-0.4, -0.2) is 12.5 Å². The van der Waals surface area contributed by atoms with Crippen LogP contribution < -0.4 is 5.32 Å². The number of hydrogen-bond donors (Lipinski definition) is 1. The fraction of sp³-hybridized carbons (Fsp3) is 0.444. The molecule has 0 radical (unpaired) electrons. The smallest absolute Gasteiger partial charge is 0.223 e. The molecule has 0 aliphatic rings. The van der Waals surface area contributed by atoms with Gasteiger partial charge in [-0.3, -0.25) is 4.79 Å². The van der Waals surface area contributed by atoms with Gasteiger partial charge in [-0.25, -0.2) is 0 Å². The van der Waals surface area contributed by atoms with Gasteiger partial charge in [0.2, 0.25) is 5.91 Å². The molecule has 0 aromatic carbocycles. The molecule has 0 aromatic rings. The van der Waals surface area contributed by atoms with Crippen molar-refractivity contribution in [3.05, 3.63) is 12.7 Å². The summed E-state index contributed by atoms with van der Waals surface area (Å²) in [5.41, 5.74) is 0. The van der Waals surface area contributed by atoms with E-state index in [0.717, 1.165) is 6.42 Å². The fourth-order valence-corrected chi connectivity index (χ4v) is 0.622. The van der Waals surface area contributed by atoms with E-state index in [2.05, 4.69) is 17.8 Å². The second-order valence-electron chi connectivity index (χ2n) is 2.15. The van der Waals surface area contributed by atoms with Gasteiger partial charge in [-0.15, -0.1) is 18.9 Å². The summed E-state index contributed by atoms with van der Waals surface area (Å²) in [5, 5.41) is 2.71. The zero-order chi connectivity index (χ0) is 8.53. The van der Waals surface area contributed by atoms with E-state index in [4.69, 9.17) is 6.42 Å². The molecule has 0 aliphatic carbocycles. The normalized spacial score (nSPS) is 8.27. The molecule has 1 amide bonds. The largest absolute Gasteiger partial charge is 0.356 e. The van der Waals surface area contributed by atoms with Crippen molar-refractivity contribution in [2.24, 2.45) is 0 Å². The van der Waals surface area contributed by atoms with E-state index in [1.165, 1.54) is 0 Å². The number of hydrogen-bond acceptors (Lipinski definition) is 1. The van der Waals surface area contributed by atoms with Crippen LogP contribution >= 0.6 is 0 Å². The summed E-state index contributed by atoms with van der Waals surface area (Å²) in [7, 11) is 0. The van der Waals surface area contributed by atoms with Crippen molar-refractivity contribution < 1.29 is 4.79 Å². The summed E-state index contributed by atoms with van der Waals surface area (Å²) >= 11 is 0. The Labute approximate surface area is 67.7 Å². The second-order valence-corrected chi connectivity index (χ2v) is 2.15. The van der Waals surface area contributed by atoms with Crippen LogP contribution in [0.3, 0.4) is 0 Å². The molecule has 0 aromatic heterocycles. The average Bonchev–Trinajstić information content (AvgIpc) is 1.99. The minimum absolute atomic E-state index is 0.0111. The number of nitrogens with one attached hydrogen (secondary N) is 1. The summed E-state index contributed by atoms with van der Waals surface area (Å²) in [5.74, 6) is 2.51. The van der Waals surface area contributed by atoms with E-state index in [1.54, 1.807) is 6.08 Å². The Kier molecular flexibility index (Phi) is 6.11. The lowest BCUT2D eigenvalue weighted by atomic mass is 10.3. The van der Waals surface area contributed by atoms with Crippen LogP contribution in [0.1, 0.15) is 19.3 Å². The molecule has 0 rings (SSSR count). The number of terminal acetylenes is 1. The number of carbonyl (C=O) groups is 1. The summed E-state index contributed by atoms with van der Waals surface area (Å²) in [6.45, 7) is 4.12. The zero-order valence-electron chi connectivity index (χ0n) is 6.60. The highest BCUT2D eigenvalue weighted by molar-refractivity contribution is 5.77. The monoisotopic (exact) mass is 151 g/mol. The molecule has 0 bridgehead atoms. The Morgan fingerprint density at radius 1 is 1.73 bits per heavy atom. The van der Waals surface area contributed by atoms with Crippen molar-refractivity contribution in [3.8, 4) is 12.3 Å². The molecule has 2 heteroatoms. The van der Waals surface area contributed by atoms with Gasteiger partial charge in [-0.05, 0) is 6.42 Å². The molecule has 11 heavy (non-hydrogen) atoms. The van der Waals surface area contributed by atoms with Crippen molar-refractivity contribution in [2.45, 2.75) is 19.3 Å². The standard InChI is InChI=1S/C9H13NO/c1-3-5-6-8-10-9(11)7-4-2/h1,4H,2,5-8H2,(H,10,11). The van der Waals surface area contributed by atoms with E-state index >= 15 is 0 Å². The number of unbranched alkanes of at least 4 members (excludes halogenated alkanes) is 1. The van der Waals surface area contributed by atoms with Crippen LogP contribution in [-0.2, 0) is 4.79 Å². The third kappa shape index (κ3) is 6.66. The third-order valence-electron chi connectivity index (χ3n) is 1.15. The second kappa shape index (κ2) is 6.88. The van der Waals surface area contributed by atoms with Crippen molar-refractivity contribution >= 4 is 5.91 Å². The van der Waals surface area contributed by atoms with Crippen LogP contribution in [0.2, 0.25) is 0 Å². The predicted octanol–water partition coefficient (Wildman–Crippen LogP) is 1.09. The summed E-state index contributed by atoms with van der Waals surface area (Å²) < 4.78 is 0. The van der Waals surface area contributed by atoms with Gasteiger partial charge >= 0.3 is 0 Å². The number of amides is 1. The van der Waals surface area contributed by atoms with Crippen LogP contribution in [0.15, 0.2) is 12.7 Å². The lowest BCUT2D eigenvalue weighted by Gasteiger charge is -1.99. The summed E-state index contributed by atoms with van der Waals surface area (Å²) in [4.78, 5) is 10.8.